The average Bonchev–Trinajstić information content (AvgIpc) is 3.25. The molecule has 0 bridgehead atoms. The maximum Gasteiger partial charge on any atom is 0.330 e. The van der Waals surface area contributed by atoms with Crippen LogP contribution in [0.2, 0.25) is 0 Å². The number of nitrogens with one attached hydrogen (secondary N) is 1. The van der Waals surface area contributed by atoms with Crippen molar-refractivity contribution in [2.24, 2.45) is 0 Å². The quantitative estimate of drug-likeness (QED) is 0.311. The smallest absolute Gasteiger partial charge is 0.330 e. The summed E-state index contributed by atoms with van der Waals surface area (Å²) in [6.07, 6.45) is 4.56. The van der Waals surface area contributed by atoms with Crippen molar-refractivity contribution in [3.8, 4) is 34.2 Å². The van der Waals surface area contributed by atoms with E-state index in [0.717, 1.165) is 0 Å². The molecule has 4 rings (SSSR count). The summed E-state index contributed by atoms with van der Waals surface area (Å²) in [5.41, 5.74) is 2.28. The lowest BCUT2D eigenvalue weighted by Gasteiger charge is -2.09. The first-order valence-electron chi connectivity index (χ1n) is 10.2. The van der Waals surface area contributed by atoms with Crippen LogP contribution < -0.4 is 15.2 Å². The zero-order valence-corrected chi connectivity index (χ0v) is 18.4. The molecule has 34 heavy (non-hydrogen) atoms. The minimum Gasteiger partial charge on any atom is -0.502 e. The van der Waals surface area contributed by atoms with E-state index in [4.69, 9.17) is 9.47 Å². The number of carbonyl (C=O) groups is 1. The number of methoxy groups -OCH3 is 2. The summed E-state index contributed by atoms with van der Waals surface area (Å²) in [4.78, 5) is 28.0. The largest absolute Gasteiger partial charge is 0.502 e. The van der Waals surface area contributed by atoms with Crippen LogP contribution in [0.3, 0.4) is 0 Å². The van der Waals surface area contributed by atoms with Crippen molar-refractivity contribution in [2.45, 2.75) is 0 Å². The van der Waals surface area contributed by atoms with Crippen molar-refractivity contribution < 1.29 is 23.8 Å². The first-order chi connectivity index (χ1) is 16.4. The lowest BCUT2D eigenvalue weighted by Crippen LogP contribution is -2.14. The van der Waals surface area contributed by atoms with E-state index in [1.54, 1.807) is 60.8 Å². The highest BCUT2D eigenvalue weighted by Crippen LogP contribution is 2.37. The van der Waals surface area contributed by atoms with Crippen molar-refractivity contribution in [3.05, 3.63) is 100 Å². The summed E-state index contributed by atoms with van der Waals surface area (Å²) in [7, 11) is 2.84. The summed E-state index contributed by atoms with van der Waals surface area (Å²) in [6.45, 7) is 0. The summed E-state index contributed by atoms with van der Waals surface area (Å²) in [5.74, 6) is -0.336. The van der Waals surface area contributed by atoms with E-state index in [9.17, 15) is 19.1 Å². The monoisotopic (exact) mass is 460 g/mol. The van der Waals surface area contributed by atoms with E-state index in [1.807, 2.05) is 0 Å². The Labute approximate surface area is 194 Å². The van der Waals surface area contributed by atoms with Crippen LogP contribution in [0.15, 0.2) is 77.7 Å². The molecular weight excluding hydrogens is 439 g/mol. The fourth-order valence-electron chi connectivity index (χ4n) is 3.45. The fraction of sp³-hybridized carbons (Fsp3) is 0.0769. The van der Waals surface area contributed by atoms with Crippen molar-refractivity contribution in [1.82, 2.24) is 9.55 Å². The molecule has 7 nitrogen and oxygen atoms in total. The number of ether oxygens (including phenoxy) is 2. The molecule has 0 aliphatic rings. The third-order valence-corrected chi connectivity index (χ3v) is 5.21. The number of hydrogen-bond donors (Lipinski definition) is 2. The third-order valence-electron chi connectivity index (χ3n) is 5.21. The van der Waals surface area contributed by atoms with E-state index >= 15 is 0 Å². The molecule has 0 fully saturated rings. The molecule has 0 atom stereocenters. The number of ketones is 1. The lowest BCUT2D eigenvalue weighted by molar-refractivity contribution is 0.104. The molecule has 0 radical (unpaired) electrons. The summed E-state index contributed by atoms with van der Waals surface area (Å²) >= 11 is 0. The molecule has 2 N–H and O–H groups in total. The average molecular weight is 460 g/mol. The number of H-pyrrole nitrogens is 1. The number of nitrogens with zero attached hydrogens (tertiary/aromatic N) is 1. The van der Waals surface area contributed by atoms with E-state index in [1.165, 1.54) is 37.0 Å². The van der Waals surface area contributed by atoms with Gasteiger partial charge in [-0.1, -0.05) is 18.2 Å². The van der Waals surface area contributed by atoms with Gasteiger partial charge in [0.15, 0.2) is 17.3 Å². The number of allylic oxidation sites excluding steroid dienone is 1. The SMILES string of the molecule is COc1cc(C=CC(=O)c2cccc(-n3cc(-c4ccc(F)cc4)[nH]c3=O)c2)cc(OC)c1O. The van der Waals surface area contributed by atoms with Crippen molar-refractivity contribution >= 4 is 11.9 Å². The molecule has 172 valence electrons. The van der Waals surface area contributed by atoms with Gasteiger partial charge in [-0.25, -0.2) is 9.18 Å². The number of phenols is 1. The van der Waals surface area contributed by atoms with Gasteiger partial charge in [0.1, 0.15) is 5.82 Å². The molecular formula is C26H21FN2O5. The zero-order valence-electron chi connectivity index (χ0n) is 18.4. The van der Waals surface area contributed by atoms with Gasteiger partial charge in [0.25, 0.3) is 0 Å². The molecule has 0 saturated heterocycles. The van der Waals surface area contributed by atoms with Gasteiger partial charge < -0.3 is 19.6 Å². The van der Waals surface area contributed by atoms with Crippen LogP contribution in [0.4, 0.5) is 4.39 Å². The fourth-order valence-corrected chi connectivity index (χ4v) is 3.45. The van der Waals surface area contributed by atoms with Gasteiger partial charge in [-0.2, -0.15) is 0 Å². The maximum atomic E-state index is 13.2. The lowest BCUT2D eigenvalue weighted by atomic mass is 10.1. The normalized spacial score (nSPS) is 11.0. The van der Waals surface area contributed by atoms with E-state index in [-0.39, 0.29) is 34.5 Å². The van der Waals surface area contributed by atoms with Crippen LogP contribution in [0.1, 0.15) is 15.9 Å². The van der Waals surface area contributed by atoms with Crippen LogP contribution in [-0.4, -0.2) is 34.7 Å². The van der Waals surface area contributed by atoms with Gasteiger partial charge >= 0.3 is 5.69 Å². The Morgan fingerprint density at radius 2 is 1.71 bits per heavy atom. The Hall–Kier alpha value is -4.59. The molecule has 0 aliphatic heterocycles. The highest BCUT2D eigenvalue weighted by Gasteiger charge is 2.12. The predicted molar refractivity (Wildman–Crippen MR) is 126 cm³/mol. The van der Waals surface area contributed by atoms with Crippen LogP contribution in [0.25, 0.3) is 23.0 Å². The van der Waals surface area contributed by atoms with Crippen molar-refractivity contribution in [3.63, 3.8) is 0 Å². The Balaban J connectivity index is 1.60. The minimum atomic E-state index is -0.386. The molecule has 0 amide bonds. The van der Waals surface area contributed by atoms with Gasteiger partial charge in [0.2, 0.25) is 5.75 Å². The number of carbonyl (C=O) groups excluding carboxylic acids is 1. The highest BCUT2D eigenvalue weighted by molar-refractivity contribution is 6.07. The summed E-state index contributed by atoms with van der Waals surface area (Å²) < 4.78 is 24.8. The Kier molecular flexibility index (Phi) is 6.31. The molecule has 3 aromatic carbocycles. The van der Waals surface area contributed by atoms with E-state index < -0.39 is 0 Å². The Morgan fingerprint density at radius 1 is 1.03 bits per heavy atom. The summed E-state index contributed by atoms with van der Waals surface area (Å²) in [5, 5.41) is 10.0. The van der Waals surface area contributed by atoms with Crippen molar-refractivity contribution in [2.75, 3.05) is 14.2 Å². The third kappa shape index (κ3) is 4.61. The van der Waals surface area contributed by atoms with Gasteiger partial charge in [0, 0.05) is 11.8 Å². The number of aromatic hydroxyl groups is 1. The Bertz CT molecular complexity index is 1410. The zero-order chi connectivity index (χ0) is 24.2. The number of phenolic OH excluding ortho intramolecular Hbond substituents is 1. The number of aromatic nitrogens is 2. The highest BCUT2D eigenvalue weighted by atomic mass is 19.1. The van der Waals surface area contributed by atoms with Crippen LogP contribution >= 0.6 is 0 Å². The van der Waals surface area contributed by atoms with Gasteiger partial charge in [0.05, 0.1) is 25.6 Å². The van der Waals surface area contributed by atoms with Gasteiger partial charge in [-0.3, -0.25) is 9.36 Å². The molecule has 0 unspecified atom stereocenters. The molecule has 0 saturated carbocycles. The number of imidazole rings is 1. The number of benzene rings is 3. The standard InChI is InChI=1S/C26H21FN2O5/c1-33-23-12-16(13-24(34-2)25(23)31)6-11-22(30)18-4-3-5-20(14-18)29-15-21(28-26(29)32)17-7-9-19(27)10-8-17/h3-15,31H,1-2H3,(H,28,32). The minimum absolute atomic E-state index is 0.127. The van der Waals surface area contributed by atoms with Gasteiger partial charge in [-0.15, -0.1) is 0 Å². The topological polar surface area (TPSA) is 93.6 Å². The molecule has 4 aromatic rings. The number of aromatic amines is 1. The Morgan fingerprint density at radius 3 is 2.35 bits per heavy atom. The van der Waals surface area contributed by atoms with E-state index in [2.05, 4.69) is 4.98 Å². The van der Waals surface area contributed by atoms with Gasteiger partial charge in [-0.05, 0) is 65.7 Å². The molecule has 1 heterocycles. The summed E-state index contributed by atoms with van der Waals surface area (Å²) in [6, 6.07) is 15.6. The number of halogens is 1. The number of hydrogen-bond acceptors (Lipinski definition) is 5. The first-order valence-corrected chi connectivity index (χ1v) is 10.2. The van der Waals surface area contributed by atoms with E-state index in [0.29, 0.717) is 28.1 Å². The second-order valence-corrected chi connectivity index (χ2v) is 7.37. The first kappa shape index (κ1) is 22.6. The maximum absolute atomic E-state index is 13.2. The predicted octanol–water partition coefficient (Wildman–Crippen LogP) is 4.59. The molecule has 0 spiro atoms. The second kappa shape index (κ2) is 9.50. The second-order valence-electron chi connectivity index (χ2n) is 7.37. The molecule has 8 heteroatoms. The number of rotatable bonds is 7. The van der Waals surface area contributed by atoms with Crippen LogP contribution in [0, 0.1) is 5.82 Å². The van der Waals surface area contributed by atoms with Crippen LogP contribution in [-0.2, 0) is 0 Å². The van der Waals surface area contributed by atoms with Crippen LogP contribution in [0.5, 0.6) is 17.2 Å². The molecule has 1 aromatic heterocycles. The van der Waals surface area contributed by atoms with Crippen molar-refractivity contribution in [1.29, 1.82) is 0 Å². The molecule has 0 aliphatic carbocycles.